The van der Waals surface area contributed by atoms with Gasteiger partial charge in [-0.2, -0.15) is 0 Å². The van der Waals surface area contributed by atoms with Crippen LogP contribution in [0.5, 0.6) is 5.75 Å². The predicted molar refractivity (Wildman–Crippen MR) is 80.4 cm³/mol. The molecule has 0 unspecified atom stereocenters. The zero-order valence-electron chi connectivity index (χ0n) is 11.5. The molecule has 106 valence electrons. The number of methoxy groups -OCH3 is 1. The standard InChI is InChI=1S/C15H22BrNO2/c1-18-13-5-6-14(16)12(9-13)10-19-11-15(17)7-3-2-4-8-15/h5-6,9H,2-4,7-8,10-11,17H2,1H3. The van der Waals surface area contributed by atoms with Crippen molar-refractivity contribution in [1.82, 2.24) is 0 Å². The van der Waals surface area contributed by atoms with Crippen LogP contribution in [0.25, 0.3) is 0 Å². The molecule has 0 aliphatic heterocycles. The Labute approximate surface area is 123 Å². The van der Waals surface area contributed by atoms with Crippen molar-refractivity contribution in [3.63, 3.8) is 0 Å². The van der Waals surface area contributed by atoms with Gasteiger partial charge < -0.3 is 15.2 Å². The van der Waals surface area contributed by atoms with Crippen LogP contribution in [0.1, 0.15) is 37.7 Å². The van der Waals surface area contributed by atoms with E-state index in [1.807, 2.05) is 18.2 Å². The van der Waals surface area contributed by atoms with Gasteiger partial charge in [0.2, 0.25) is 0 Å². The van der Waals surface area contributed by atoms with Crippen molar-refractivity contribution in [2.24, 2.45) is 5.73 Å². The molecule has 1 aromatic rings. The molecule has 4 heteroatoms. The van der Waals surface area contributed by atoms with Crippen molar-refractivity contribution in [2.45, 2.75) is 44.2 Å². The Morgan fingerprint density at radius 3 is 2.68 bits per heavy atom. The van der Waals surface area contributed by atoms with Gasteiger partial charge in [-0.25, -0.2) is 0 Å². The molecule has 1 aliphatic carbocycles. The van der Waals surface area contributed by atoms with E-state index < -0.39 is 0 Å². The van der Waals surface area contributed by atoms with E-state index in [0.717, 1.165) is 28.6 Å². The number of hydrogen-bond acceptors (Lipinski definition) is 3. The Hall–Kier alpha value is -0.580. The van der Waals surface area contributed by atoms with Crippen molar-refractivity contribution in [3.8, 4) is 5.75 Å². The zero-order chi connectivity index (χ0) is 13.7. The minimum absolute atomic E-state index is 0.121. The van der Waals surface area contributed by atoms with Gasteiger partial charge >= 0.3 is 0 Å². The van der Waals surface area contributed by atoms with Crippen LogP contribution < -0.4 is 10.5 Å². The summed E-state index contributed by atoms with van der Waals surface area (Å²) in [6.45, 7) is 1.20. The van der Waals surface area contributed by atoms with E-state index >= 15 is 0 Å². The molecule has 0 spiro atoms. The largest absolute Gasteiger partial charge is 0.497 e. The Balaban J connectivity index is 1.88. The van der Waals surface area contributed by atoms with Gasteiger partial charge in [-0.05, 0) is 36.6 Å². The van der Waals surface area contributed by atoms with Crippen LogP contribution in [0.15, 0.2) is 22.7 Å². The minimum Gasteiger partial charge on any atom is -0.497 e. The maximum atomic E-state index is 6.36. The van der Waals surface area contributed by atoms with E-state index in [0.29, 0.717) is 13.2 Å². The van der Waals surface area contributed by atoms with Gasteiger partial charge in [0.25, 0.3) is 0 Å². The highest BCUT2D eigenvalue weighted by molar-refractivity contribution is 9.10. The lowest BCUT2D eigenvalue weighted by molar-refractivity contribution is 0.0571. The van der Waals surface area contributed by atoms with Gasteiger partial charge in [0.05, 0.1) is 20.3 Å². The summed E-state index contributed by atoms with van der Waals surface area (Å²) >= 11 is 3.53. The first-order valence-corrected chi connectivity index (χ1v) is 7.61. The summed E-state index contributed by atoms with van der Waals surface area (Å²) in [7, 11) is 1.67. The summed E-state index contributed by atoms with van der Waals surface area (Å²) < 4.78 is 12.1. The fraction of sp³-hybridized carbons (Fsp3) is 0.600. The van der Waals surface area contributed by atoms with Crippen molar-refractivity contribution in [2.75, 3.05) is 13.7 Å². The fourth-order valence-electron chi connectivity index (χ4n) is 2.55. The van der Waals surface area contributed by atoms with E-state index in [1.165, 1.54) is 19.3 Å². The normalized spacial score (nSPS) is 18.3. The van der Waals surface area contributed by atoms with Gasteiger partial charge in [-0.15, -0.1) is 0 Å². The van der Waals surface area contributed by atoms with Crippen LogP contribution in [-0.4, -0.2) is 19.3 Å². The molecule has 0 aromatic heterocycles. The average Bonchev–Trinajstić information content (AvgIpc) is 2.41. The van der Waals surface area contributed by atoms with Crippen LogP contribution in [0.2, 0.25) is 0 Å². The molecule has 0 heterocycles. The molecule has 0 saturated heterocycles. The minimum atomic E-state index is -0.121. The molecule has 0 radical (unpaired) electrons. The van der Waals surface area contributed by atoms with Gasteiger partial charge in [0.15, 0.2) is 0 Å². The summed E-state index contributed by atoms with van der Waals surface area (Å²) in [6.07, 6.45) is 5.91. The van der Waals surface area contributed by atoms with E-state index in [4.69, 9.17) is 15.2 Å². The summed E-state index contributed by atoms with van der Waals surface area (Å²) in [5, 5.41) is 0. The monoisotopic (exact) mass is 327 g/mol. The molecule has 1 aliphatic rings. The molecule has 3 nitrogen and oxygen atoms in total. The first kappa shape index (κ1) is 14.8. The molecule has 1 aromatic carbocycles. The zero-order valence-corrected chi connectivity index (χ0v) is 13.0. The number of ether oxygens (including phenoxy) is 2. The van der Waals surface area contributed by atoms with Gasteiger partial charge in [-0.3, -0.25) is 0 Å². The predicted octanol–water partition coefficient (Wildman–Crippen LogP) is 3.64. The summed E-state index contributed by atoms with van der Waals surface area (Å²) in [4.78, 5) is 0. The Morgan fingerprint density at radius 1 is 1.26 bits per heavy atom. The maximum Gasteiger partial charge on any atom is 0.119 e. The molecule has 0 bridgehead atoms. The van der Waals surface area contributed by atoms with E-state index in [-0.39, 0.29) is 5.54 Å². The van der Waals surface area contributed by atoms with E-state index in [1.54, 1.807) is 7.11 Å². The lowest BCUT2D eigenvalue weighted by Crippen LogP contribution is -2.46. The van der Waals surface area contributed by atoms with Crippen molar-refractivity contribution in [1.29, 1.82) is 0 Å². The van der Waals surface area contributed by atoms with Crippen molar-refractivity contribution < 1.29 is 9.47 Å². The van der Waals surface area contributed by atoms with Crippen LogP contribution in [-0.2, 0) is 11.3 Å². The van der Waals surface area contributed by atoms with Gasteiger partial charge in [-0.1, -0.05) is 35.2 Å². The third kappa shape index (κ3) is 4.20. The number of benzene rings is 1. The Bertz CT molecular complexity index is 417. The van der Waals surface area contributed by atoms with Crippen molar-refractivity contribution >= 4 is 15.9 Å². The highest BCUT2D eigenvalue weighted by Gasteiger charge is 2.27. The number of halogens is 1. The average molecular weight is 328 g/mol. The number of rotatable bonds is 5. The second-order valence-corrected chi connectivity index (χ2v) is 6.23. The third-order valence-electron chi connectivity index (χ3n) is 3.75. The van der Waals surface area contributed by atoms with Crippen LogP contribution in [0, 0.1) is 0 Å². The molecule has 1 fully saturated rings. The van der Waals surface area contributed by atoms with Crippen LogP contribution in [0.3, 0.4) is 0 Å². The summed E-state index contributed by atoms with van der Waals surface area (Å²) in [5.74, 6) is 0.849. The van der Waals surface area contributed by atoms with Gasteiger partial charge in [0, 0.05) is 10.0 Å². The van der Waals surface area contributed by atoms with Crippen molar-refractivity contribution in [3.05, 3.63) is 28.2 Å². The number of nitrogens with two attached hydrogens (primary N) is 1. The highest BCUT2D eigenvalue weighted by Crippen LogP contribution is 2.27. The number of hydrogen-bond donors (Lipinski definition) is 1. The fourth-order valence-corrected chi connectivity index (χ4v) is 2.91. The van der Waals surface area contributed by atoms with Crippen LogP contribution in [0.4, 0.5) is 0 Å². The van der Waals surface area contributed by atoms with E-state index in [9.17, 15) is 0 Å². The molecular formula is C15H22BrNO2. The molecular weight excluding hydrogens is 306 g/mol. The second kappa shape index (κ2) is 6.73. The summed E-state index contributed by atoms with van der Waals surface area (Å²) in [6, 6.07) is 5.91. The Morgan fingerprint density at radius 2 is 2.00 bits per heavy atom. The second-order valence-electron chi connectivity index (χ2n) is 5.37. The lowest BCUT2D eigenvalue weighted by Gasteiger charge is -2.33. The molecule has 2 rings (SSSR count). The summed E-state index contributed by atoms with van der Waals surface area (Å²) in [5.41, 5.74) is 7.33. The third-order valence-corrected chi connectivity index (χ3v) is 4.52. The maximum absolute atomic E-state index is 6.36. The molecule has 0 atom stereocenters. The van der Waals surface area contributed by atoms with Gasteiger partial charge in [0.1, 0.15) is 5.75 Å². The molecule has 19 heavy (non-hydrogen) atoms. The lowest BCUT2D eigenvalue weighted by atomic mass is 9.83. The molecule has 0 amide bonds. The quantitative estimate of drug-likeness (QED) is 0.897. The first-order valence-electron chi connectivity index (χ1n) is 6.82. The highest BCUT2D eigenvalue weighted by atomic mass is 79.9. The SMILES string of the molecule is COc1ccc(Br)c(COCC2(N)CCCCC2)c1. The Kier molecular flexibility index (Phi) is 5.25. The molecule has 2 N–H and O–H groups in total. The smallest absolute Gasteiger partial charge is 0.119 e. The topological polar surface area (TPSA) is 44.5 Å². The van der Waals surface area contributed by atoms with Crippen LogP contribution >= 0.6 is 15.9 Å². The first-order chi connectivity index (χ1) is 9.13. The molecule has 1 saturated carbocycles. The van der Waals surface area contributed by atoms with E-state index in [2.05, 4.69) is 15.9 Å².